The van der Waals surface area contributed by atoms with Crippen molar-refractivity contribution in [3.63, 3.8) is 0 Å². The summed E-state index contributed by atoms with van der Waals surface area (Å²) in [6, 6.07) is 31.3. The van der Waals surface area contributed by atoms with E-state index in [2.05, 4.69) is 23.2 Å². The Hall–Kier alpha value is -5.56. The minimum Gasteiger partial charge on any atom is -0.493 e. The summed E-state index contributed by atoms with van der Waals surface area (Å²) in [4.78, 5) is 20.0. The van der Waals surface area contributed by atoms with Gasteiger partial charge in [-0.2, -0.15) is 0 Å². The van der Waals surface area contributed by atoms with Crippen LogP contribution in [0.1, 0.15) is 49.8 Å². The van der Waals surface area contributed by atoms with E-state index >= 15 is 0 Å². The highest BCUT2D eigenvalue weighted by Crippen LogP contribution is 2.40. The van der Waals surface area contributed by atoms with Crippen LogP contribution in [0.4, 0.5) is 0 Å². The van der Waals surface area contributed by atoms with Gasteiger partial charge >= 0.3 is 0 Å². The molecule has 1 atom stereocenters. The number of hydrogen-bond acceptors (Lipinski definition) is 6. The summed E-state index contributed by atoms with van der Waals surface area (Å²) in [6.45, 7) is 3.42. The number of pyridine rings is 1. The van der Waals surface area contributed by atoms with Crippen molar-refractivity contribution in [3.05, 3.63) is 154 Å². The molecule has 0 bridgehead atoms. The van der Waals surface area contributed by atoms with E-state index in [1.807, 2.05) is 90.7 Å². The van der Waals surface area contributed by atoms with Crippen molar-refractivity contribution in [2.45, 2.75) is 32.6 Å². The molecule has 238 valence electrons. The summed E-state index contributed by atoms with van der Waals surface area (Å²) in [6.07, 6.45) is 8.09. The van der Waals surface area contributed by atoms with Crippen molar-refractivity contribution in [3.8, 4) is 23.0 Å². The molecule has 1 aliphatic heterocycles. The van der Waals surface area contributed by atoms with Gasteiger partial charge in [0, 0.05) is 18.9 Å². The van der Waals surface area contributed by atoms with Crippen LogP contribution >= 0.6 is 0 Å². The number of carbonyl (C=O) groups is 1. The lowest BCUT2D eigenvalue weighted by Gasteiger charge is -2.36. The lowest BCUT2D eigenvalue weighted by atomic mass is 9.90. The minimum absolute atomic E-state index is 0.0832. The summed E-state index contributed by atoms with van der Waals surface area (Å²) in [5, 5.41) is 0. The van der Waals surface area contributed by atoms with Crippen LogP contribution < -0.4 is 18.9 Å². The Bertz CT molecular complexity index is 1840. The largest absolute Gasteiger partial charge is 0.493 e. The maximum absolute atomic E-state index is 13.9. The number of aromatic nitrogens is 1. The number of carbonyl (C=O) groups excluding carboxylic acids is 1. The lowest BCUT2D eigenvalue weighted by Crippen LogP contribution is -2.39. The van der Waals surface area contributed by atoms with E-state index < -0.39 is 0 Å². The average Bonchev–Trinajstić information content (AvgIpc) is 3.13. The highest BCUT2D eigenvalue weighted by Gasteiger charge is 2.31. The van der Waals surface area contributed by atoms with E-state index in [1.165, 1.54) is 0 Å². The van der Waals surface area contributed by atoms with Crippen LogP contribution in [0.25, 0.3) is 6.08 Å². The average molecular weight is 627 g/mol. The van der Waals surface area contributed by atoms with Gasteiger partial charge in [-0.25, -0.2) is 0 Å². The molecule has 1 aliphatic rings. The fourth-order valence-electron chi connectivity index (χ4n) is 5.81. The van der Waals surface area contributed by atoms with E-state index in [1.54, 1.807) is 38.7 Å². The molecular formula is C40H38N2O5. The van der Waals surface area contributed by atoms with E-state index in [4.69, 9.17) is 18.9 Å². The van der Waals surface area contributed by atoms with Gasteiger partial charge in [-0.1, -0.05) is 72.8 Å². The number of methoxy groups -OCH3 is 2. The van der Waals surface area contributed by atoms with Gasteiger partial charge in [0.1, 0.15) is 13.2 Å². The quantitative estimate of drug-likeness (QED) is 0.148. The summed E-state index contributed by atoms with van der Waals surface area (Å²) >= 11 is 0. The third-order valence-corrected chi connectivity index (χ3v) is 8.36. The summed E-state index contributed by atoms with van der Waals surface area (Å²) in [5.41, 5.74) is 6.76. The second-order valence-corrected chi connectivity index (χ2v) is 11.4. The molecule has 2 heterocycles. The first-order valence-corrected chi connectivity index (χ1v) is 15.7. The Labute approximate surface area is 276 Å². The Balaban J connectivity index is 1.35. The topological polar surface area (TPSA) is 70.1 Å². The number of aryl methyl sites for hydroxylation is 1. The molecular weight excluding hydrogens is 588 g/mol. The molecule has 0 saturated heterocycles. The van der Waals surface area contributed by atoms with Crippen LogP contribution in [0.3, 0.4) is 0 Å². The van der Waals surface area contributed by atoms with Gasteiger partial charge in [-0.15, -0.1) is 0 Å². The summed E-state index contributed by atoms with van der Waals surface area (Å²) < 4.78 is 23.9. The molecule has 1 aromatic heterocycles. The molecule has 1 unspecified atom stereocenters. The second-order valence-electron chi connectivity index (χ2n) is 11.4. The second kappa shape index (κ2) is 14.7. The number of amides is 1. The third-order valence-electron chi connectivity index (χ3n) is 8.36. The molecule has 7 heteroatoms. The molecule has 0 fully saturated rings. The SMILES string of the molecule is COc1cc(C)c(C=CC2c3cc(OC)c(OCc4ccccc4)cc3CCN2C(=O)c2cccnc2)cc1OCc1ccccc1. The summed E-state index contributed by atoms with van der Waals surface area (Å²) in [5.74, 6) is 2.53. The van der Waals surface area contributed by atoms with Gasteiger partial charge in [0.15, 0.2) is 23.0 Å². The zero-order valence-corrected chi connectivity index (χ0v) is 26.9. The number of ether oxygens (including phenoxy) is 4. The van der Waals surface area contributed by atoms with Crippen LogP contribution in [-0.2, 0) is 19.6 Å². The Kier molecular flexibility index (Phi) is 9.82. The fourth-order valence-corrected chi connectivity index (χ4v) is 5.81. The molecule has 4 aromatic carbocycles. The number of fused-ring (bicyclic) bond motifs is 1. The predicted octanol–water partition coefficient (Wildman–Crippen LogP) is 8.02. The first kappa shape index (κ1) is 31.4. The number of rotatable bonds is 11. The normalized spacial score (nSPS) is 14.0. The van der Waals surface area contributed by atoms with Gasteiger partial charge in [0.2, 0.25) is 0 Å². The maximum atomic E-state index is 13.9. The molecule has 5 aromatic rings. The van der Waals surface area contributed by atoms with Crippen LogP contribution in [-0.4, -0.2) is 36.6 Å². The van der Waals surface area contributed by atoms with E-state index in [-0.39, 0.29) is 11.9 Å². The monoisotopic (exact) mass is 626 g/mol. The van der Waals surface area contributed by atoms with Crippen LogP contribution in [0.5, 0.6) is 23.0 Å². The Morgan fingerprint density at radius 2 is 1.45 bits per heavy atom. The molecule has 47 heavy (non-hydrogen) atoms. The first-order valence-electron chi connectivity index (χ1n) is 15.7. The van der Waals surface area contributed by atoms with Gasteiger partial charge in [0.25, 0.3) is 5.91 Å². The van der Waals surface area contributed by atoms with Crippen LogP contribution in [0, 0.1) is 6.92 Å². The van der Waals surface area contributed by atoms with Crippen molar-refractivity contribution >= 4 is 12.0 Å². The lowest BCUT2D eigenvalue weighted by molar-refractivity contribution is 0.0700. The third kappa shape index (κ3) is 7.31. The summed E-state index contributed by atoms with van der Waals surface area (Å²) in [7, 11) is 3.28. The zero-order valence-electron chi connectivity index (χ0n) is 26.9. The van der Waals surface area contributed by atoms with Crippen molar-refractivity contribution in [1.82, 2.24) is 9.88 Å². The molecule has 7 nitrogen and oxygen atoms in total. The van der Waals surface area contributed by atoms with Gasteiger partial charge in [0.05, 0.1) is 25.8 Å². The van der Waals surface area contributed by atoms with Crippen molar-refractivity contribution in [1.29, 1.82) is 0 Å². The highest BCUT2D eigenvalue weighted by atomic mass is 16.5. The minimum atomic E-state index is -0.362. The fraction of sp³-hybridized carbons (Fsp3) is 0.200. The Morgan fingerprint density at radius 1 is 0.809 bits per heavy atom. The molecule has 0 N–H and O–H groups in total. The number of nitrogens with zero attached hydrogens (tertiary/aromatic N) is 2. The molecule has 0 saturated carbocycles. The van der Waals surface area contributed by atoms with Crippen LogP contribution in [0.2, 0.25) is 0 Å². The molecule has 6 rings (SSSR count). The molecule has 0 spiro atoms. The standard InChI is InChI=1S/C40H38N2O5/c1-28-21-36(44-2)38(46-26-29-11-6-4-7-12-29)22-31(28)16-17-35-34-24-37(45-3)39(47-27-30-13-8-5-9-14-30)23-32(34)18-20-42(35)40(43)33-15-10-19-41-25-33/h4-17,19,21-25,35H,18,20,26-27H2,1-3H3. The Morgan fingerprint density at radius 3 is 2.06 bits per heavy atom. The maximum Gasteiger partial charge on any atom is 0.256 e. The number of benzene rings is 4. The smallest absolute Gasteiger partial charge is 0.256 e. The molecule has 0 radical (unpaired) electrons. The first-order chi connectivity index (χ1) is 23.0. The zero-order chi connectivity index (χ0) is 32.6. The molecule has 0 aliphatic carbocycles. The molecule has 1 amide bonds. The van der Waals surface area contributed by atoms with E-state index in [0.717, 1.165) is 33.4 Å². The van der Waals surface area contributed by atoms with E-state index in [9.17, 15) is 4.79 Å². The predicted molar refractivity (Wildman–Crippen MR) is 183 cm³/mol. The van der Waals surface area contributed by atoms with Gasteiger partial charge in [-0.05, 0) is 83.1 Å². The van der Waals surface area contributed by atoms with Crippen LogP contribution in [0.15, 0.2) is 116 Å². The van der Waals surface area contributed by atoms with Gasteiger partial charge in [-0.3, -0.25) is 9.78 Å². The van der Waals surface area contributed by atoms with E-state index in [0.29, 0.717) is 54.7 Å². The van der Waals surface area contributed by atoms with Gasteiger partial charge < -0.3 is 23.8 Å². The highest BCUT2D eigenvalue weighted by molar-refractivity contribution is 5.94. The van der Waals surface area contributed by atoms with Crippen molar-refractivity contribution in [2.24, 2.45) is 0 Å². The van der Waals surface area contributed by atoms with Crippen molar-refractivity contribution in [2.75, 3.05) is 20.8 Å². The number of hydrogen-bond donors (Lipinski definition) is 0. The van der Waals surface area contributed by atoms with Crippen molar-refractivity contribution < 1.29 is 23.7 Å².